The first-order valence-corrected chi connectivity index (χ1v) is 7.41. The highest BCUT2D eigenvalue weighted by molar-refractivity contribution is 5.41. The second kappa shape index (κ2) is 5.45. The first kappa shape index (κ1) is 12.9. The summed E-state index contributed by atoms with van der Waals surface area (Å²) in [4.78, 5) is 11.6. The van der Waals surface area contributed by atoms with Crippen LogP contribution in [-0.4, -0.2) is 35.8 Å². The molecule has 3 rings (SSSR count). The molecule has 0 N–H and O–H groups in total. The minimum atomic E-state index is 0.385. The molecule has 2 aliphatic rings. The molecule has 1 aromatic heterocycles. The van der Waals surface area contributed by atoms with E-state index in [1.54, 1.807) is 0 Å². The first-order chi connectivity index (χ1) is 9.24. The second-order valence-electron chi connectivity index (χ2n) is 6.04. The van der Waals surface area contributed by atoms with Crippen molar-refractivity contribution in [2.75, 3.05) is 24.7 Å². The van der Waals surface area contributed by atoms with Gasteiger partial charge in [-0.3, -0.25) is 0 Å². The predicted octanol–water partition coefficient (Wildman–Crippen LogP) is 2.61. The van der Waals surface area contributed by atoms with Crippen LogP contribution < -0.4 is 4.90 Å². The molecule has 0 aromatic carbocycles. The third-order valence-electron chi connectivity index (χ3n) is 3.94. The Morgan fingerprint density at radius 1 is 1.37 bits per heavy atom. The lowest BCUT2D eigenvalue weighted by atomic mass is 10.1. The van der Waals surface area contributed by atoms with E-state index in [1.165, 1.54) is 19.3 Å². The Morgan fingerprint density at radius 2 is 2.21 bits per heavy atom. The molecular weight excluding hydrogens is 238 g/mol. The van der Waals surface area contributed by atoms with E-state index in [1.807, 2.05) is 6.20 Å². The molecule has 104 valence electrons. The van der Waals surface area contributed by atoms with Crippen molar-refractivity contribution in [3.63, 3.8) is 0 Å². The summed E-state index contributed by atoms with van der Waals surface area (Å²) in [5, 5.41) is 0. The van der Waals surface area contributed by atoms with Gasteiger partial charge in [0.15, 0.2) is 0 Å². The maximum Gasteiger partial charge on any atom is 0.133 e. The number of ether oxygens (including phenoxy) is 1. The molecule has 1 atom stereocenters. The Bertz CT molecular complexity index is 425. The Balaban J connectivity index is 1.77. The van der Waals surface area contributed by atoms with Crippen molar-refractivity contribution in [2.45, 2.75) is 45.1 Å². The molecule has 1 aromatic rings. The quantitative estimate of drug-likeness (QED) is 0.816. The van der Waals surface area contributed by atoms with Crippen molar-refractivity contribution < 1.29 is 4.74 Å². The third kappa shape index (κ3) is 3.06. The lowest BCUT2D eigenvalue weighted by Crippen LogP contribution is -2.32. The van der Waals surface area contributed by atoms with Gasteiger partial charge < -0.3 is 9.64 Å². The Morgan fingerprint density at radius 3 is 2.84 bits per heavy atom. The van der Waals surface area contributed by atoms with Gasteiger partial charge in [-0.25, -0.2) is 9.97 Å². The summed E-state index contributed by atoms with van der Waals surface area (Å²) >= 11 is 0. The molecule has 1 aliphatic carbocycles. The van der Waals surface area contributed by atoms with Crippen LogP contribution in [0.15, 0.2) is 12.3 Å². The van der Waals surface area contributed by atoms with Crippen LogP contribution in [0.25, 0.3) is 0 Å². The Kier molecular flexibility index (Phi) is 3.69. The standard InChI is InChI=1S/C15H23N3O/c1-11(2)15-16-7-5-14(17-15)18(13-3-4-13)9-12-6-8-19-10-12/h5,7,11-13H,3-4,6,8-10H2,1-2H3/t12-/m0/s1. The van der Waals surface area contributed by atoms with Gasteiger partial charge in [-0.05, 0) is 25.3 Å². The van der Waals surface area contributed by atoms with Gasteiger partial charge >= 0.3 is 0 Å². The van der Waals surface area contributed by atoms with Crippen LogP contribution in [0.2, 0.25) is 0 Å². The van der Waals surface area contributed by atoms with Crippen molar-refractivity contribution in [1.29, 1.82) is 0 Å². The molecule has 0 bridgehead atoms. The SMILES string of the molecule is CC(C)c1nccc(N(C[C@@H]2CCOC2)C2CC2)n1. The average Bonchev–Trinajstić information content (AvgIpc) is 3.13. The lowest BCUT2D eigenvalue weighted by Gasteiger charge is -2.26. The molecule has 4 nitrogen and oxygen atoms in total. The predicted molar refractivity (Wildman–Crippen MR) is 75.4 cm³/mol. The van der Waals surface area contributed by atoms with E-state index < -0.39 is 0 Å². The molecule has 1 saturated heterocycles. The van der Waals surface area contributed by atoms with Gasteiger partial charge in [0.2, 0.25) is 0 Å². The molecular formula is C15H23N3O. The van der Waals surface area contributed by atoms with Crippen molar-refractivity contribution in [2.24, 2.45) is 5.92 Å². The third-order valence-corrected chi connectivity index (χ3v) is 3.94. The van der Waals surface area contributed by atoms with Gasteiger partial charge in [-0.2, -0.15) is 0 Å². The zero-order valence-corrected chi connectivity index (χ0v) is 11.9. The number of nitrogens with zero attached hydrogens (tertiary/aromatic N) is 3. The summed E-state index contributed by atoms with van der Waals surface area (Å²) in [6.07, 6.45) is 5.69. The molecule has 2 heterocycles. The van der Waals surface area contributed by atoms with Crippen LogP contribution >= 0.6 is 0 Å². The van der Waals surface area contributed by atoms with Crippen LogP contribution in [0.3, 0.4) is 0 Å². The second-order valence-corrected chi connectivity index (χ2v) is 6.04. The van der Waals surface area contributed by atoms with Crippen molar-refractivity contribution in [3.8, 4) is 0 Å². The fraction of sp³-hybridized carbons (Fsp3) is 0.733. The summed E-state index contributed by atoms with van der Waals surface area (Å²) in [5.74, 6) is 3.10. The van der Waals surface area contributed by atoms with E-state index in [0.29, 0.717) is 17.9 Å². The maximum absolute atomic E-state index is 5.50. The maximum atomic E-state index is 5.50. The van der Waals surface area contributed by atoms with E-state index in [4.69, 9.17) is 9.72 Å². The van der Waals surface area contributed by atoms with Crippen LogP contribution in [0.1, 0.15) is 44.9 Å². The average molecular weight is 261 g/mol. The summed E-state index contributed by atoms with van der Waals surface area (Å²) in [6.45, 7) is 7.20. The van der Waals surface area contributed by atoms with Crippen molar-refractivity contribution in [3.05, 3.63) is 18.1 Å². The van der Waals surface area contributed by atoms with Crippen molar-refractivity contribution >= 4 is 5.82 Å². The normalized spacial score (nSPS) is 23.0. The molecule has 4 heteroatoms. The minimum absolute atomic E-state index is 0.385. The summed E-state index contributed by atoms with van der Waals surface area (Å²) in [7, 11) is 0. The highest BCUT2D eigenvalue weighted by Gasteiger charge is 2.32. The number of anilines is 1. The summed E-state index contributed by atoms with van der Waals surface area (Å²) in [5.41, 5.74) is 0. The lowest BCUT2D eigenvalue weighted by molar-refractivity contribution is 0.186. The van der Waals surface area contributed by atoms with Crippen LogP contribution in [0.5, 0.6) is 0 Å². The number of aromatic nitrogens is 2. The molecule has 0 spiro atoms. The number of rotatable bonds is 5. The Labute approximate surface area is 115 Å². The van der Waals surface area contributed by atoms with Gasteiger partial charge in [0, 0.05) is 37.2 Å². The van der Waals surface area contributed by atoms with Gasteiger partial charge in [0.1, 0.15) is 11.6 Å². The molecule has 1 aliphatic heterocycles. The molecule has 1 saturated carbocycles. The summed E-state index contributed by atoms with van der Waals surface area (Å²) in [6, 6.07) is 2.75. The van der Waals surface area contributed by atoms with Gasteiger partial charge in [-0.15, -0.1) is 0 Å². The number of hydrogen-bond acceptors (Lipinski definition) is 4. The van der Waals surface area contributed by atoms with Gasteiger partial charge in [-0.1, -0.05) is 13.8 Å². The van der Waals surface area contributed by atoms with Gasteiger partial charge in [0.25, 0.3) is 0 Å². The van der Waals surface area contributed by atoms with E-state index in [0.717, 1.165) is 31.4 Å². The smallest absolute Gasteiger partial charge is 0.133 e. The molecule has 0 radical (unpaired) electrons. The monoisotopic (exact) mass is 261 g/mol. The van der Waals surface area contributed by atoms with Gasteiger partial charge in [0.05, 0.1) is 6.61 Å². The Hall–Kier alpha value is -1.16. The van der Waals surface area contributed by atoms with E-state index in [-0.39, 0.29) is 0 Å². The highest BCUT2D eigenvalue weighted by atomic mass is 16.5. The fourth-order valence-corrected chi connectivity index (χ4v) is 2.62. The van der Waals surface area contributed by atoms with Crippen LogP contribution in [0, 0.1) is 5.92 Å². The molecule has 0 amide bonds. The topological polar surface area (TPSA) is 38.2 Å². The highest BCUT2D eigenvalue weighted by Crippen LogP contribution is 2.32. The molecule has 0 unspecified atom stereocenters. The molecule has 2 fully saturated rings. The van der Waals surface area contributed by atoms with E-state index in [9.17, 15) is 0 Å². The van der Waals surface area contributed by atoms with Crippen LogP contribution in [0.4, 0.5) is 5.82 Å². The van der Waals surface area contributed by atoms with E-state index in [2.05, 4.69) is 29.8 Å². The zero-order chi connectivity index (χ0) is 13.2. The molecule has 19 heavy (non-hydrogen) atoms. The first-order valence-electron chi connectivity index (χ1n) is 7.41. The minimum Gasteiger partial charge on any atom is -0.381 e. The summed E-state index contributed by atoms with van der Waals surface area (Å²) < 4.78 is 5.50. The van der Waals surface area contributed by atoms with Crippen LogP contribution in [-0.2, 0) is 4.74 Å². The van der Waals surface area contributed by atoms with Crippen molar-refractivity contribution in [1.82, 2.24) is 9.97 Å². The fourth-order valence-electron chi connectivity index (χ4n) is 2.62. The largest absolute Gasteiger partial charge is 0.381 e. The zero-order valence-electron chi connectivity index (χ0n) is 11.9. The van der Waals surface area contributed by atoms with E-state index >= 15 is 0 Å². The number of hydrogen-bond donors (Lipinski definition) is 0.